The van der Waals surface area contributed by atoms with Crippen LogP contribution in [0.3, 0.4) is 0 Å². The Bertz CT molecular complexity index is 1450. The summed E-state index contributed by atoms with van der Waals surface area (Å²) in [5, 5.41) is 12.4. The molecule has 174 valence electrons. The molecule has 1 aromatic carbocycles. The van der Waals surface area contributed by atoms with E-state index < -0.39 is 12.9 Å². The summed E-state index contributed by atoms with van der Waals surface area (Å²) >= 11 is 0. The molecular weight excluding hydrogens is 434 g/mol. The summed E-state index contributed by atoms with van der Waals surface area (Å²) in [6, 6.07) is 7.11. The number of ether oxygens (including phenoxy) is 1. The van der Waals surface area contributed by atoms with Crippen molar-refractivity contribution in [2.75, 3.05) is 24.7 Å². The Labute approximate surface area is 200 Å². The van der Waals surface area contributed by atoms with Gasteiger partial charge in [-0.15, -0.1) is 0 Å². The van der Waals surface area contributed by atoms with Gasteiger partial charge in [0, 0.05) is 30.5 Å². The summed E-state index contributed by atoms with van der Waals surface area (Å²) < 4.78 is 29.4. The Balaban J connectivity index is 1.75. The second-order valence-electron chi connectivity index (χ2n) is 7.44. The number of rotatable bonds is 7. The summed E-state index contributed by atoms with van der Waals surface area (Å²) in [5.74, 6) is 0.668. The Hall–Kier alpha value is -4.54. The molecule has 0 radical (unpaired) electrons. The number of carbonyl (C=O) groups excluding carboxylic acids is 1. The monoisotopic (exact) mass is 462 g/mol. The molecular formula is C23H25N9O2. The van der Waals surface area contributed by atoms with Crippen LogP contribution in [-0.4, -0.2) is 49.7 Å². The first-order chi connectivity index (χ1) is 17.5. The third kappa shape index (κ3) is 4.63. The first-order valence-corrected chi connectivity index (χ1v) is 10.2. The number of anilines is 4. The van der Waals surface area contributed by atoms with Crippen molar-refractivity contribution in [3.8, 4) is 17.1 Å². The molecule has 0 saturated carbocycles. The maximum atomic E-state index is 12.8. The number of aryl methyl sites for hydroxylation is 3. The molecule has 0 spiro atoms. The molecule has 11 heteroatoms. The zero-order valence-corrected chi connectivity index (χ0v) is 19.0. The molecule has 0 aliphatic carbocycles. The summed E-state index contributed by atoms with van der Waals surface area (Å²) in [7, 11) is 3.24. The molecule has 0 unspecified atom stereocenters. The number of amides is 1. The molecule has 1 amide bonds. The minimum absolute atomic E-state index is 0.0486. The average Bonchev–Trinajstić information content (AvgIpc) is 3.26. The van der Waals surface area contributed by atoms with E-state index in [1.807, 2.05) is 25.2 Å². The second kappa shape index (κ2) is 9.53. The van der Waals surface area contributed by atoms with Gasteiger partial charge in [-0.25, -0.2) is 15.0 Å². The number of benzene rings is 1. The fourth-order valence-corrected chi connectivity index (χ4v) is 3.20. The fraction of sp³-hybridized carbons (Fsp3) is 0.217. The van der Waals surface area contributed by atoms with E-state index in [4.69, 9.17) is 8.85 Å². The Morgan fingerprint density at radius 3 is 2.68 bits per heavy atom. The maximum Gasteiger partial charge on any atom is 0.256 e. The van der Waals surface area contributed by atoms with Crippen molar-refractivity contribution in [2.24, 2.45) is 7.05 Å². The van der Waals surface area contributed by atoms with Gasteiger partial charge in [0.15, 0.2) is 11.6 Å². The molecule has 3 aromatic heterocycles. The Morgan fingerprint density at radius 1 is 1.12 bits per heavy atom. The van der Waals surface area contributed by atoms with E-state index in [2.05, 4.69) is 35.7 Å². The van der Waals surface area contributed by atoms with E-state index in [0.717, 1.165) is 11.1 Å². The van der Waals surface area contributed by atoms with Gasteiger partial charge in [-0.2, -0.15) is 10.1 Å². The molecule has 4 rings (SSSR count). The van der Waals surface area contributed by atoms with Crippen LogP contribution in [0.4, 0.5) is 23.3 Å². The third-order valence-corrected chi connectivity index (χ3v) is 5.07. The van der Waals surface area contributed by atoms with E-state index >= 15 is 0 Å². The third-order valence-electron chi connectivity index (χ3n) is 5.07. The number of hydrogen-bond donors (Lipinski definition) is 3. The number of nitrogens with zero attached hydrogens (tertiary/aromatic N) is 6. The van der Waals surface area contributed by atoms with Crippen molar-refractivity contribution >= 4 is 29.2 Å². The predicted molar refractivity (Wildman–Crippen MR) is 129 cm³/mol. The van der Waals surface area contributed by atoms with Crippen molar-refractivity contribution < 1.29 is 13.6 Å². The molecule has 3 heterocycles. The zero-order chi connectivity index (χ0) is 26.7. The van der Waals surface area contributed by atoms with E-state index in [-0.39, 0.29) is 17.3 Å². The van der Waals surface area contributed by atoms with Gasteiger partial charge in [-0.3, -0.25) is 9.48 Å². The molecule has 3 N–H and O–H groups in total. The summed E-state index contributed by atoms with van der Waals surface area (Å²) in [6.45, 7) is 1.20. The fourth-order valence-electron chi connectivity index (χ4n) is 3.20. The molecule has 0 atom stereocenters. The SMILES string of the molecule is [2H]C([2H])([2H])NC(=O)c1cnc(Nc2cc(C)c(C)cn2)nc1Nc1cccc(-c2ncn(C)n2)c1OC. The molecule has 0 aliphatic rings. The van der Waals surface area contributed by atoms with Crippen molar-refractivity contribution in [1.82, 2.24) is 35.0 Å². The van der Waals surface area contributed by atoms with Gasteiger partial charge in [0.2, 0.25) is 5.95 Å². The quantitative estimate of drug-likeness (QED) is 0.379. The smallest absolute Gasteiger partial charge is 0.256 e. The van der Waals surface area contributed by atoms with Crippen LogP contribution in [0.5, 0.6) is 5.75 Å². The summed E-state index contributed by atoms with van der Waals surface area (Å²) in [6.07, 6.45) is 4.52. The highest BCUT2D eigenvalue weighted by Crippen LogP contribution is 2.36. The molecule has 0 saturated heterocycles. The van der Waals surface area contributed by atoms with Crippen LogP contribution >= 0.6 is 0 Å². The standard InChI is InChI=1S/C23H25N9O2/c1-13-9-18(25-10-14(13)2)29-23-26-11-16(22(33)24-3)21(30-23)28-17-8-6-7-15(19(17)34-5)20-27-12-32(4)31-20/h6-12H,1-5H3,(H,24,33)(H2,25,26,28,29,30)/i3D3. The first-order valence-electron chi connectivity index (χ1n) is 11.7. The van der Waals surface area contributed by atoms with Crippen molar-refractivity contribution in [1.29, 1.82) is 0 Å². The number of nitrogens with one attached hydrogen (secondary N) is 3. The maximum absolute atomic E-state index is 12.8. The van der Waals surface area contributed by atoms with E-state index in [1.165, 1.54) is 13.3 Å². The lowest BCUT2D eigenvalue weighted by Gasteiger charge is -2.16. The van der Waals surface area contributed by atoms with Crippen LogP contribution < -0.4 is 20.7 Å². The van der Waals surface area contributed by atoms with Crippen LogP contribution in [0.25, 0.3) is 11.4 Å². The normalized spacial score (nSPS) is 12.3. The predicted octanol–water partition coefficient (Wildman–Crippen LogP) is 3.14. The van der Waals surface area contributed by atoms with Gasteiger partial charge in [-0.05, 0) is 43.2 Å². The topological polar surface area (TPSA) is 132 Å². The van der Waals surface area contributed by atoms with Gasteiger partial charge in [0.1, 0.15) is 23.5 Å². The number of para-hydroxylation sites is 1. The number of hydrogen-bond acceptors (Lipinski definition) is 9. The lowest BCUT2D eigenvalue weighted by molar-refractivity contribution is 0.0963. The van der Waals surface area contributed by atoms with Crippen LogP contribution in [0.2, 0.25) is 0 Å². The van der Waals surface area contributed by atoms with Crippen molar-refractivity contribution in [3.63, 3.8) is 0 Å². The van der Waals surface area contributed by atoms with Crippen LogP contribution in [0, 0.1) is 13.8 Å². The minimum Gasteiger partial charge on any atom is -0.494 e. The number of methoxy groups -OCH3 is 1. The Morgan fingerprint density at radius 2 is 1.97 bits per heavy atom. The highest BCUT2D eigenvalue weighted by Gasteiger charge is 2.19. The van der Waals surface area contributed by atoms with Crippen molar-refractivity contribution in [3.05, 3.63) is 59.7 Å². The molecule has 0 bridgehead atoms. The lowest BCUT2D eigenvalue weighted by atomic mass is 10.1. The first kappa shape index (κ1) is 19.0. The number of aromatic nitrogens is 6. The van der Waals surface area contributed by atoms with Crippen LogP contribution in [-0.2, 0) is 7.05 Å². The summed E-state index contributed by atoms with van der Waals surface area (Å²) in [5.41, 5.74) is 3.02. The largest absolute Gasteiger partial charge is 0.494 e. The highest BCUT2D eigenvalue weighted by atomic mass is 16.5. The van der Waals surface area contributed by atoms with E-state index in [0.29, 0.717) is 28.6 Å². The summed E-state index contributed by atoms with van der Waals surface area (Å²) in [4.78, 5) is 30.0. The molecule has 0 fully saturated rings. The average molecular weight is 463 g/mol. The van der Waals surface area contributed by atoms with Gasteiger partial charge < -0.3 is 20.7 Å². The van der Waals surface area contributed by atoms with Gasteiger partial charge in [-0.1, -0.05) is 6.07 Å². The Kier molecular flexibility index (Phi) is 5.32. The molecule has 4 aromatic rings. The molecule has 34 heavy (non-hydrogen) atoms. The number of carbonyl (C=O) groups is 1. The van der Waals surface area contributed by atoms with Crippen LogP contribution in [0.1, 0.15) is 25.6 Å². The van der Waals surface area contributed by atoms with Gasteiger partial charge in [0.05, 0.1) is 18.4 Å². The van der Waals surface area contributed by atoms with Crippen molar-refractivity contribution in [2.45, 2.75) is 13.8 Å². The van der Waals surface area contributed by atoms with E-state index in [9.17, 15) is 4.79 Å². The minimum atomic E-state index is -2.70. The molecule has 11 nitrogen and oxygen atoms in total. The van der Waals surface area contributed by atoms with Crippen LogP contribution in [0.15, 0.2) is 43.0 Å². The number of pyridine rings is 1. The van der Waals surface area contributed by atoms with Gasteiger partial charge in [0.25, 0.3) is 5.91 Å². The second-order valence-corrected chi connectivity index (χ2v) is 7.44. The molecule has 0 aliphatic heterocycles. The van der Waals surface area contributed by atoms with Gasteiger partial charge >= 0.3 is 0 Å². The zero-order valence-electron chi connectivity index (χ0n) is 22.0. The highest BCUT2D eigenvalue weighted by molar-refractivity contribution is 5.99. The lowest BCUT2D eigenvalue weighted by Crippen LogP contribution is -2.20. The van der Waals surface area contributed by atoms with E-state index in [1.54, 1.807) is 42.5 Å².